The highest BCUT2D eigenvalue weighted by Crippen LogP contribution is 2.23. The van der Waals surface area contributed by atoms with Crippen molar-refractivity contribution in [3.8, 4) is 11.3 Å². The van der Waals surface area contributed by atoms with Gasteiger partial charge in [0.1, 0.15) is 16.2 Å². The molecule has 2 heterocycles. The van der Waals surface area contributed by atoms with Crippen molar-refractivity contribution in [3.05, 3.63) is 111 Å². The summed E-state index contributed by atoms with van der Waals surface area (Å²) in [4.78, 5) is 7.95. The van der Waals surface area contributed by atoms with Crippen LogP contribution in [0.1, 0.15) is 0 Å². The highest BCUT2D eigenvalue weighted by Gasteiger charge is 2.15. The molecular weight excluding hydrogens is 524 g/mol. The predicted octanol–water partition coefficient (Wildman–Crippen LogP) is 5.54. The molecule has 0 aliphatic carbocycles. The summed E-state index contributed by atoms with van der Waals surface area (Å²) >= 11 is 14.3. The van der Waals surface area contributed by atoms with E-state index in [-0.39, 0.29) is 16.3 Å². The second-order valence-electron chi connectivity index (χ2n) is 6.03. The largest absolute Gasteiger partial charge is 0.491 e. The lowest BCUT2D eigenvalue weighted by Crippen LogP contribution is -2.32. The number of benzene rings is 2. The van der Waals surface area contributed by atoms with E-state index < -0.39 is 12.9 Å². The van der Waals surface area contributed by atoms with E-state index in [0.29, 0.717) is 16.3 Å². The van der Waals surface area contributed by atoms with E-state index in [9.17, 15) is 8.78 Å². The van der Waals surface area contributed by atoms with Gasteiger partial charge in [0.2, 0.25) is 0 Å². The van der Waals surface area contributed by atoms with Crippen molar-refractivity contribution in [3.63, 3.8) is 0 Å². The highest BCUT2D eigenvalue weighted by molar-refractivity contribution is 9.10. The monoisotopic (exact) mass is 538 g/mol. The minimum Gasteiger partial charge on any atom is -0.423 e. The summed E-state index contributed by atoms with van der Waals surface area (Å²) in [5.74, 6) is -1.07. The number of rotatable bonds is 2. The fourth-order valence-corrected chi connectivity index (χ4v) is 2.86. The van der Waals surface area contributed by atoms with Crippen LogP contribution in [-0.2, 0) is 0 Å². The van der Waals surface area contributed by atoms with Gasteiger partial charge in [-0.15, -0.1) is 0 Å². The lowest BCUT2D eigenvalue weighted by molar-refractivity contribution is 0.423. The van der Waals surface area contributed by atoms with Crippen molar-refractivity contribution >= 4 is 51.7 Å². The van der Waals surface area contributed by atoms with Crippen LogP contribution in [0, 0.1) is 11.6 Å². The summed E-state index contributed by atoms with van der Waals surface area (Å²) in [6.45, 7) is 0. The fraction of sp³-hybridized carbons (Fsp3) is 0. The summed E-state index contributed by atoms with van der Waals surface area (Å²) in [5.41, 5.74) is 0.908. The summed E-state index contributed by atoms with van der Waals surface area (Å²) in [6, 6.07) is 19.3. The zero-order chi connectivity index (χ0) is 23.5. The quantitative estimate of drug-likeness (QED) is 0.259. The van der Waals surface area contributed by atoms with Crippen LogP contribution < -0.4 is 5.46 Å². The van der Waals surface area contributed by atoms with Crippen LogP contribution in [-0.4, -0.2) is 27.1 Å². The van der Waals surface area contributed by atoms with Crippen molar-refractivity contribution in [1.29, 1.82) is 0 Å². The molecule has 0 saturated carbocycles. The fourth-order valence-electron chi connectivity index (χ4n) is 2.27. The zero-order valence-corrected chi connectivity index (χ0v) is 19.4. The van der Waals surface area contributed by atoms with E-state index in [1.54, 1.807) is 36.7 Å². The number of hydrogen-bond donors (Lipinski definition) is 2. The van der Waals surface area contributed by atoms with Crippen molar-refractivity contribution in [2.75, 3.05) is 0 Å². The van der Waals surface area contributed by atoms with Gasteiger partial charge in [-0.3, -0.25) is 4.98 Å². The highest BCUT2D eigenvalue weighted by atomic mass is 79.9. The third-order valence-corrected chi connectivity index (χ3v) is 4.68. The van der Waals surface area contributed by atoms with Gasteiger partial charge in [0.05, 0.1) is 5.69 Å². The van der Waals surface area contributed by atoms with Crippen LogP contribution in [0.25, 0.3) is 11.3 Å². The lowest BCUT2D eigenvalue weighted by atomic mass is 9.80. The van der Waals surface area contributed by atoms with E-state index in [1.807, 2.05) is 24.3 Å². The van der Waals surface area contributed by atoms with E-state index in [1.165, 1.54) is 18.2 Å². The number of pyridine rings is 2. The average Bonchev–Trinajstić information content (AvgIpc) is 2.75. The van der Waals surface area contributed by atoms with Crippen LogP contribution in [0.4, 0.5) is 8.78 Å². The average molecular weight is 540 g/mol. The minimum absolute atomic E-state index is 0.172. The summed E-state index contributed by atoms with van der Waals surface area (Å²) in [6.07, 6.45) is 3.37. The third kappa shape index (κ3) is 8.65. The van der Waals surface area contributed by atoms with E-state index in [2.05, 4.69) is 25.9 Å². The van der Waals surface area contributed by atoms with Gasteiger partial charge in [0, 0.05) is 33.5 Å². The zero-order valence-electron chi connectivity index (χ0n) is 16.3. The molecule has 0 aliphatic rings. The lowest BCUT2D eigenvalue weighted by Gasteiger charge is -2.01. The Morgan fingerprint density at radius 2 is 1.34 bits per heavy atom. The molecule has 2 N–H and O–H groups in total. The molecule has 0 atom stereocenters. The molecule has 0 aliphatic heterocycles. The predicted molar refractivity (Wildman–Crippen MR) is 128 cm³/mol. The first kappa shape index (κ1) is 25.9. The SMILES string of the molecule is Brc1ccccn1.Fc1cc(Cl)ccc1-c1ccccn1.OB(O)c1ccc(Cl)cc1F. The van der Waals surface area contributed by atoms with Crippen molar-refractivity contribution in [2.24, 2.45) is 0 Å². The molecule has 4 nitrogen and oxygen atoms in total. The standard InChI is InChI=1S/C11H7ClFN.C6H5BClFO2.C5H4BrN/c12-8-4-5-9(10(13)7-8)11-3-1-2-6-14-11;8-4-1-2-5(7(10)11)6(9)3-4;6-5-3-1-2-4-7-5/h1-7H;1-3,10-11H;1-4H. The Bertz CT molecular complexity index is 1130. The Labute approximate surface area is 202 Å². The van der Waals surface area contributed by atoms with Gasteiger partial charge in [-0.05, 0) is 70.5 Å². The molecular formula is C22H16BBrCl2F2N2O2. The van der Waals surface area contributed by atoms with Gasteiger partial charge >= 0.3 is 7.12 Å². The summed E-state index contributed by atoms with van der Waals surface area (Å²) < 4.78 is 27.0. The Morgan fingerprint density at radius 1 is 0.750 bits per heavy atom. The molecule has 0 saturated heterocycles. The Hall–Kier alpha value is -2.36. The first-order chi connectivity index (χ1) is 15.3. The van der Waals surface area contributed by atoms with Crippen LogP contribution in [0.5, 0.6) is 0 Å². The number of aromatic nitrogens is 2. The molecule has 0 fully saturated rings. The maximum absolute atomic E-state index is 13.4. The maximum Gasteiger partial charge on any atom is 0.491 e. The van der Waals surface area contributed by atoms with Gasteiger partial charge in [-0.2, -0.15) is 0 Å². The van der Waals surface area contributed by atoms with Gasteiger partial charge in [-0.1, -0.05) is 41.4 Å². The second-order valence-corrected chi connectivity index (χ2v) is 7.72. The Balaban J connectivity index is 0.000000180. The topological polar surface area (TPSA) is 66.2 Å². The molecule has 0 bridgehead atoms. The second kappa shape index (κ2) is 13.3. The molecule has 4 aromatic rings. The van der Waals surface area contributed by atoms with Crippen LogP contribution >= 0.6 is 39.1 Å². The molecule has 0 radical (unpaired) electrons. The van der Waals surface area contributed by atoms with Crippen molar-refractivity contribution < 1.29 is 18.8 Å². The molecule has 4 rings (SSSR count). The summed E-state index contributed by atoms with van der Waals surface area (Å²) in [5, 5.41) is 17.8. The molecule has 32 heavy (non-hydrogen) atoms. The molecule has 0 unspecified atom stereocenters. The third-order valence-electron chi connectivity index (χ3n) is 3.74. The molecule has 2 aromatic carbocycles. The number of nitrogens with zero attached hydrogens (tertiary/aromatic N) is 2. The Kier molecular flexibility index (Phi) is 10.7. The van der Waals surface area contributed by atoms with Gasteiger partial charge in [0.15, 0.2) is 0 Å². The van der Waals surface area contributed by atoms with Gasteiger partial charge in [-0.25, -0.2) is 13.8 Å². The normalized spacial score (nSPS) is 9.72. The molecule has 0 amide bonds. The first-order valence-corrected chi connectivity index (χ1v) is 10.6. The van der Waals surface area contributed by atoms with E-state index in [4.69, 9.17) is 33.2 Å². The van der Waals surface area contributed by atoms with Crippen LogP contribution in [0.15, 0.2) is 89.8 Å². The van der Waals surface area contributed by atoms with E-state index >= 15 is 0 Å². The van der Waals surface area contributed by atoms with Gasteiger partial charge < -0.3 is 10.0 Å². The number of halogens is 5. The minimum atomic E-state index is -1.78. The molecule has 2 aromatic heterocycles. The van der Waals surface area contributed by atoms with Crippen LogP contribution in [0.2, 0.25) is 10.0 Å². The summed E-state index contributed by atoms with van der Waals surface area (Å²) in [7, 11) is -1.78. The molecule has 164 valence electrons. The molecule has 10 heteroatoms. The number of hydrogen-bond acceptors (Lipinski definition) is 4. The Morgan fingerprint density at radius 3 is 1.78 bits per heavy atom. The van der Waals surface area contributed by atoms with Crippen LogP contribution in [0.3, 0.4) is 0 Å². The maximum atomic E-state index is 13.4. The van der Waals surface area contributed by atoms with Crippen molar-refractivity contribution in [2.45, 2.75) is 0 Å². The van der Waals surface area contributed by atoms with Crippen molar-refractivity contribution in [1.82, 2.24) is 9.97 Å². The smallest absolute Gasteiger partial charge is 0.423 e. The first-order valence-electron chi connectivity index (χ1n) is 9.02. The van der Waals surface area contributed by atoms with E-state index in [0.717, 1.165) is 10.7 Å². The van der Waals surface area contributed by atoms with Gasteiger partial charge in [0.25, 0.3) is 0 Å². The molecule has 0 spiro atoms.